The topological polar surface area (TPSA) is 21.7 Å². The predicted octanol–water partition coefficient (Wildman–Crippen LogP) is 4.80. The predicted molar refractivity (Wildman–Crippen MR) is 104 cm³/mol. The molecule has 25 heavy (non-hydrogen) atoms. The molecule has 3 nitrogen and oxygen atoms in total. The van der Waals surface area contributed by atoms with E-state index in [2.05, 4.69) is 68.4 Å². The van der Waals surface area contributed by atoms with Crippen molar-refractivity contribution < 1.29 is 9.47 Å². The van der Waals surface area contributed by atoms with E-state index in [0.29, 0.717) is 12.5 Å². The van der Waals surface area contributed by atoms with Gasteiger partial charge in [0.2, 0.25) is 0 Å². The number of benzene rings is 2. The van der Waals surface area contributed by atoms with Gasteiger partial charge in [-0.25, -0.2) is 0 Å². The Hall–Kier alpha value is -1.49. The molecule has 0 bridgehead atoms. The van der Waals surface area contributed by atoms with Gasteiger partial charge in [0.25, 0.3) is 0 Å². The van der Waals surface area contributed by atoms with E-state index in [1.807, 2.05) is 6.07 Å². The second-order valence-electron chi connectivity index (χ2n) is 7.04. The average molecular weight is 358 g/mol. The molecule has 2 atom stereocenters. The van der Waals surface area contributed by atoms with Gasteiger partial charge < -0.3 is 14.4 Å². The van der Waals surface area contributed by atoms with Gasteiger partial charge in [-0.2, -0.15) is 0 Å². The van der Waals surface area contributed by atoms with E-state index < -0.39 is 0 Å². The SMILES string of the molecule is C[C@H]1COC(Sc2cccc(OCc3ccc(CN(C)C)cc3)c2)C1. The Balaban J connectivity index is 1.53. The zero-order valence-electron chi connectivity index (χ0n) is 15.3. The lowest BCUT2D eigenvalue weighted by atomic mass is 10.1. The van der Waals surface area contributed by atoms with Crippen LogP contribution in [0, 0.1) is 5.92 Å². The minimum Gasteiger partial charge on any atom is -0.489 e. The summed E-state index contributed by atoms with van der Waals surface area (Å²) in [5.74, 6) is 1.57. The first-order chi connectivity index (χ1) is 12.1. The molecule has 0 aromatic heterocycles. The molecule has 4 heteroatoms. The Bertz CT molecular complexity index is 672. The lowest BCUT2D eigenvalue weighted by Gasteiger charge is -2.12. The van der Waals surface area contributed by atoms with Gasteiger partial charge >= 0.3 is 0 Å². The van der Waals surface area contributed by atoms with Crippen molar-refractivity contribution in [3.05, 3.63) is 59.7 Å². The smallest absolute Gasteiger partial charge is 0.120 e. The highest BCUT2D eigenvalue weighted by atomic mass is 32.2. The minimum atomic E-state index is 0.273. The van der Waals surface area contributed by atoms with Gasteiger partial charge in [0.1, 0.15) is 17.8 Å². The van der Waals surface area contributed by atoms with Gasteiger partial charge in [-0.1, -0.05) is 49.0 Å². The summed E-state index contributed by atoms with van der Waals surface area (Å²) in [7, 11) is 4.17. The molecule has 0 amide bonds. The van der Waals surface area contributed by atoms with Crippen molar-refractivity contribution in [1.29, 1.82) is 0 Å². The third-order valence-electron chi connectivity index (χ3n) is 4.16. The molecule has 1 fully saturated rings. The van der Waals surface area contributed by atoms with Crippen LogP contribution in [-0.4, -0.2) is 31.0 Å². The number of hydrogen-bond acceptors (Lipinski definition) is 4. The molecule has 3 rings (SSSR count). The maximum absolute atomic E-state index is 5.97. The van der Waals surface area contributed by atoms with Crippen molar-refractivity contribution in [1.82, 2.24) is 4.90 Å². The molecule has 0 radical (unpaired) electrons. The minimum absolute atomic E-state index is 0.273. The Kier molecular flexibility index (Phi) is 6.40. The summed E-state index contributed by atoms with van der Waals surface area (Å²) in [6, 6.07) is 16.9. The van der Waals surface area contributed by atoms with Crippen LogP contribution in [0.3, 0.4) is 0 Å². The van der Waals surface area contributed by atoms with E-state index in [-0.39, 0.29) is 5.44 Å². The third-order valence-corrected chi connectivity index (χ3v) is 5.28. The number of thioether (sulfide) groups is 1. The van der Waals surface area contributed by atoms with Gasteiger partial charge in [-0.15, -0.1) is 0 Å². The second-order valence-corrected chi connectivity index (χ2v) is 8.27. The van der Waals surface area contributed by atoms with E-state index in [1.165, 1.54) is 16.0 Å². The molecule has 0 N–H and O–H groups in total. The van der Waals surface area contributed by atoms with Gasteiger partial charge in [-0.3, -0.25) is 0 Å². The summed E-state index contributed by atoms with van der Waals surface area (Å²) in [5, 5.41) is 0. The van der Waals surface area contributed by atoms with Crippen LogP contribution in [-0.2, 0) is 17.9 Å². The molecule has 1 saturated heterocycles. The molecule has 1 aliphatic heterocycles. The van der Waals surface area contributed by atoms with Gasteiger partial charge in [0, 0.05) is 11.4 Å². The normalized spacial score (nSPS) is 20.2. The molecular weight excluding hydrogens is 330 g/mol. The van der Waals surface area contributed by atoms with Gasteiger partial charge in [0.15, 0.2) is 0 Å². The Morgan fingerprint density at radius 3 is 2.56 bits per heavy atom. The summed E-state index contributed by atoms with van der Waals surface area (Å²) in [4.78, 5) is 3.38. The Labute approximate surface area is 155 Å². The summed E-state index contributed by atoms with van der Waals surface area (Å²) in [6.45, 7) is 4.66. The molecule has 1 aliphatic rings. The first-order valence-corrected chi connectivity index (χ1v) is 9.70. The largest absolute Gasteiger partial charge is 0.489 e. The van der Waals surface area contributed by atoms with E-state index in [1.54, 1.807) is 11.8 Å². The average Bonchev–Trinajstić information content (AvgIpc) is 2.99. The fourth-order valence-electron chi connectivity index (χ4n) is 2.88. The van der Waals surface area contributed by atoms with Crippen LogP contribution in [0.5, 0.6) is 5.75 Å². The molecule has 2 aromatic rings. The molecular formula is C21H27NO2S. The summed E-state index contributed by atoms with van der Waals surface area (Å²) >= 11 is 1.79. The van der Waals surface area contributed by atoms with Crippen LogP contribution < -0.4 is 4.74 Å². The third kappa shape index (κ3) is 5.77. The van der Waals surface area contributed by atoms with E-state index in [4.69, 9.17) is 9.47 Å². The number of rotatable bonds is 7. The standard InChI is InChI=1S/C21H27NO2S/c1-16-11-21(24-14-16)25-20-6-4-5-19(12-20)23-15-18-9-7-17(8-10-18)13-22(2)3/h4-10,12,16,21H,11,13-15H2,1-3H3/t16-,21?/m1/s1. The number of hydrogen-bond donors (Lipinski definition) is 0. The highest BCUT2D eigenvalue weighted by molar-refractivity contribution is 7.99. The maximum atomic E-state index is 5.97. The lowest BCUT2D eigenvalue weighted by molar-refractivity contribution is 0.166. The fraction of sp³-hybridized carbons (Fsp3) is 0.429. The molecule has 1 unspecified atom stereocenters. The van der Waals surface area contributed by atoms with Crippen molar-refractivity contribution in [3.63, 3.8) is 0 Å². The molecule has 0 aliphatic carbocycles. The Morgan fingerprint density at radius 2 is 1.88 bits per heavy atom. The van der Waals surface area contributed by atoms with E-state index in [0.717, 1.165) is 25.3 Å². The van der Waals surface area contributed by atoms with Crippen LogP contribution in [0.15, 0.2) is 53.4 Å². The highest BCUT2D eigenvalue weighted by Crippen LogP contribution is 2.34. The molecule has 1 heterocycles. The van der Waals surface area contributed by atoms with Crippen molar-refractivity contribution in [2.24, 2.45) is 5.92 Å². The Morgan fingerprint density at radius 1 is 1.12 bits per heavy atom. The molecule has 0 spiro atoms. The van der Waals surface area contributed by atoms with Gasteiger partial charge in [-0.05, 0) is 55.8 Å². The van der Waals surface area contributed by atoms with Crippen molar-refractivity contribution in [2.75, 3.05) is 20.7 Å². The van der Waals surface area contributed by atoms with E-state index >= 15 is 0 Å². The fourth-order valence-corrected chi connectivity index (χ4v) is 4.10. The number of nitrogens with zero attached hydrogens (tertiary/aromatic N) is 1. The second kappa shape index (κ2) is 8.75. The van der Waals surface area contributed by atoms with Crippen LogP contribution in [0.4, 0.5) is 0 Å². The lowest BCUT2D eigenvalue weighted by Crippen LogP contribution is -2.10. The molecule has 134 valence electrons. The quantitative estimate of drug-likeness (QED) is 0.709. The molecule has 2 aromatic carbocycles. The van der Waals surface area contributed by atoms with Crippen molar-refractivity contribution >= 4 is 11.8 Å². The van der Waals surface area contributed by atoms with Crippen molar-refractivity contribution in [2.45, 2.75) is 36.8 Å². The van der Waals surface area contributed by atoms with Crippen LogP contribution in [0.1, 0.15) is 24.5 Å². The zero-order valence-corrected chi connectivity index (χ0v) is 16.1. The van der Waals surface area contributed by atoms with Crippen LogP contribution in [0.2, 0.25) is 0 Å². The first-order valence-electron chi connectivity index (χ1n) is 8.82. The summed E-state index contributed by atoms with van der Waals surface area (Å²) in [5.41, 5.74) is 2.78. The molecule has 0 saturated carbocycles. The van der Waals surface area contributed by atoms with E-state index in [9.17, 15) is 0 Å². The van der Waals surface area contributed by atoms with Crippen molar-refractivity contribution in [3.8, 4) is 5.75 Å². The van der Waals surface area contributed by atoms with Crippen LogP contribution >= 0.6 is 11.8 Å². The number of ether oxygens (including phenoxy) is 2. The maximum Gasteiger partial charge on any atom is 0.120 e. The zero-order chi connectivity index (χ0) is 17.6. The summed E-state index contributed by atoms with van der Waals surface area (Å²) < 4.78 is 11.8. The van der Waals surface area contributed by atoms with Crippen LogP contribution in [0.25, 0.3) is 0 Å². The highest BCUT2D eigenvalue weighted by Gasteiger charge is 2.22. The first kappa shape index (κ1) is 18.3. The summed E-state index contributed by atoms with van der Waals surface area (Å²) in [6.07, 6.45) is 1.12. The van der Waals surface area contributed by atoms with Gasteiger partial charge in [0.05, 0.1) is 6.61 Å². The monoisotopic (exact) mass is 357 g/mol.